The number of nitrogens with two attached hydrogens (primary N) is 1. The molecule has 0 radical (unpaired) electrons. The van der Waals surface area contributed by atoms with Crippen molar-refractivity contribution in [3.63, 3.8) is 0 Å². The molecule has 3 aromatic rings. The minimum atomic E-state index is -4.28. The number of rotatable bonds is 41. The molecule has 0 spiro atoms. The molecule has 0 bridgehead atoms. The summed E-state index contributed by atoms with van der Waals surface area (Å²) in [6.45, 7) is 35.1. The maximum absolute atomic E-state index is 13.3. The van der Waals surface area contributed by atoms with E-state index >= 15 is 0 Å². The summed E-state index contributed by atoms with van der Waals surface area (Å²) in [7, 11) is -18.1. The number of sulfone groups is 3. The fraction of sp³-hybridized carbons (Fsp3) is 0.807. The van der Waals surface area contributed by atoms with E-state index < -0.39 is 159 Å². The molecule has 29 atom stereocenters. The summed E-state index contributed by atoms with van der Waals surface area (Å²) in [6, 6.07) is 2.99. The van der Waals surface area contributed by atoms with Crippen molar-refractivity contribution < 1.29 is 112 Å². The summed E-state index contributed by atoms with van der Waals surface area (Å²) >= 11 is 148. The zero-order valence-corrected chi connectivity index (χ0v) is 113. The first-order valence-electron chi connectivity index (χ1n) is 45.9. The van der Waals surface area contributed by atoms with Crippen LogP contribution in [0.25, 0.3) is 0 Å². The number of thiophene rings is 3. The van der Waals surface area contributed by atoms with Crippen LogP contribution in [-0.2, 0) is 96.5 Å². The van der Waals surface area contributed by atoms with Gasteiger partial charge in [-0.3, -0.25) is 0 Å². The largest absolute Gasteiger partial charge is 0.453 e. The molecule has 0 saturated heterocycles. The molecule has 0 aliphatic carbocycles. The SMILES string of the molecule is CC(Cl)C(Cl)CC(Cl)C(CC(Cl)C(Cl)CCC=O)C(C(C)Cl)C(Cl)C(C)Cl.CC(Cl)C(Cl)Cl.CC(Cl)C(Cl)Cl.CC=NS(=O)(=O)c1cc2c(s1)S(=O)(=O)[C@@H](C)C[C@@H]2NCC.CCN(C(=O)OC)[C@H]1C[C@H](C)S(=O)(=O)c2sc(S(=O)(=O)N=CCCC(Cl)C(Cl)CC(C(Cl)CC(Cl)C(C)Cl)C(C(C)Cl)C(Cl)C(C)Cl)cc21.CCN(C(=O)OC)[C@H]1C[C@H](C)S(=O)(=O)c2sc(S(N)=O)cc21.CCO.CCO.CCO.CCO.CCl.CCl.[Ti]. The number of hydrogen-bond donors (Lipinski definition) is 6. The maximum atomic E-state index is 13.3. The standard InChI is InChI=1S/C30H44Cl8N2O6S3.C18H28Cl8O.C12H18N2O5S3.C12H18N2O4S3.2C3H5Cl3.4C2H6O.2CH3Cl.Ti/c1-7-40(30(41)46-6)25-11-15(2)48(42,43)29-20(25)13-26(47-29)49(44,45)39-10-8-9-21(34)24(37)12-19(23(36)14-22(35)16(3)31)27(17(4)32)28(38)18(5)33;1-9(19)14(23)8-15(24)12(7-16(25)13(22)5-4-6-27)17(10(2)20)18(26)11(3)21;1-4-14(12(15)19-3)9-5-7(2)22(17,18)11-8(9)6-10(20-11)21(13)16;1-4-13-10-6-8(3)20(15,16)12-9(10)7-11(19-12)21(17,18)14-5-2;2*1-2(4)3(5)6;4*1-2-3;2*1-2;/h10,13,15-19,21-25,27-28H,7-9,11-12,14H2,1-6H3;6,9-18H,4-5,7-8H2,1-3H3;6-7,9H,4-5,13H2,1-3H3;5,7-8,10,13H,4,6H2,1-3H3;2*2-3H,1H3;4*3H,2H2,1H3;2*1H3;/t15-,16?,17?,18?,19?,21?,22?,23?,24?,25-,27?,28?;;7-,9-,21?;8-,10-;;;;;;;;;/m0.00........./s1. The van der Waals surface area contributed by atoms with Crippen molar-refractivity contribution in [1.29, 1.82) is 0 Å². The van der Waals surface area contributed by atoms with E-state index in [0.717, 1.165) is 29.0 Å². The van der Waals surface area contributed by atoms with Gasteiger partial charge in [0.15, 0.2) is 29.5 Å². The minimum absolute atomic E-state index is 0. The fourth-order valence-corrected chi connectivity index (χ4v) is 32.6. The van der Waals surface area contributed by atoms with Gasteiger partial charge >= 0.3 is 12.2 Å². The molecule has 876 valence electrons. The molecular formula is C88H148Cl24N6O20S9Ti. The van der Waals surface area contributed by atoms with Crippen molar-refractivity contribution in [2.45, 2.75) is 368 Å². The smallest absolute Gasteiger partial charge is 0.409 e. The number of methoxy groups -OCH3 is 2. The molecule has 3 aliphatic rings. The Morgan fingerprint density at radius 1 is 0.466 bits per heavy atom. The molecule has 6 rings (SSSR count). The number of aldehydes is 1. The normalized spacial score (nSPS) is 21.3. The van der Waals surface area contributed by atoms with Crippen molar-refractivity contribution in [2.75, 3.05) is 73.0 Å². The van der Waals surface area contributed by atoms with E-state index in [4.69, 9.17) is 290 Å². The van der Waals surface area contributed by atoms with Gasteiger partial charge < -0.3 is 49.8 Å². The zero-order valence-electron chi connectivity index (χ0n) is 86.4. The first-order chi connectivity index (χ1) is 68.0. The summed E-state index contributed by atoms with van der Waals surface area (Å²) < 4.78 is 155. The van der Waals surface area contributed by atoms with Gasteiger partial charge in [-0.05, 0) is 237 Å². The van der Waals surface area contributed by atoms with Crippen LogP contribution in [0, 0.1) is 23.7 Å². The molecule has 26 nitrogen and oxygen atoms in total. The van der Waals surface area contributed by atoms with Gasteiger partial charge in [-0.15, -0.1) is 312 Å². The van der Waals surface area contributed by atoms with Gasteiger partial charge in [-0.1, -0.05) is 6.92 Å². The first kappa shape index (κ1) is 165. The summed E-state index contributed by atoms with van der Waals surface area (Å²) in [4.78, 5) is 37.0. The molecule has 0 fully saturated rings. The summed E-state index contributed by atoms with van der Waals surface area (Å²) in [5.74, 6) is -1.04. The fourth-order valence-electron chi connectivity index (χ4n) is 13.9. The van der Waals surface area contributed by atoms with Gasteiger partial charge in [0.1, 0.15) is 52.2 Å². The van der Waals surface area contributed by atoms with Crippen LogP contribution in [0.3, 0.4) is 0 Å². The minimum Gasteiger partial charge on any atom is -0.453 e. The predicted octanol–water partition coefficient (Wildman–Crippen LogP) is 27.5. The average Bonchev–Trinajstić information content (AvgIpc) is 1.56. The third-order valence-electron chi connectivity index (χ3n) is 21.2. The van der Waals surface area contributed by atoms with Crippen LogP contribution < -0.4 is 10.5 Å². The molecule has 0 aromatic carbocycles. The second-order valence-electron chi connectivity index (χ2n) is 32.4. The molecule has 23 unspecified atom stereocenters. The van der Waals surface area contributed by atoms with Crippen LogP contribution in [0.15, 0.2) is 52.2 Å². The number of carbonyl (C=O) groups excluding carboxylic acids is 3. The summed E-state index contributed by atoms with van der Waals surface area (Å²) in [5, 5.41) is 30.1. The van der Waals surface area contributed by atoms with E-state index in [1.54, 1.807) is 83.1 Å². The second kappa shape index (κ2) is 86.6. The number of amides is 2. The third kappa shape index (κ3) is 58.3. The Labute approximate surface area is 1030 Å². The molecule has 60 heteroatoms. The molecule has 6 heterocycles. The molecule has 2 amide bonds. The third-order valence-corrected chi connectivity index (χ3v) is 48.0. The first-order valence-corrected chi connectivity index (χ1v) is 68.2. The second-order valence-corrected chi connectivity index (χ2v) is 61.5. The number of fused-ring (bicyclic) bond motifs is 3. The van der Waals surface area contributed by atoms with Gasteiger partial charge in [0.2, 0.25) is 0 Å². The molecular weight excluding hydrogens is 2650 g/mol. The topological polar surface area (TPSA) is 408 Å². The van der Waals surface area contributed by atoms with Crippen LogP contribution in [-0.4, -0.2) is 303 Å². The number of alkyl halides is 24. The molecule has 7 N–H and O–H groups in total. The number of halogens is 24. The van der Waals surface area contributed by atoms with Gasteiger partial charge in [-0.2, -0.15) is 25.6 Å². The Kier molecular flexibility index (Phi) is 96.5. The van der Waals surface area contributed by atoms with Crippen LogP contribution in [0.2, 0.25) is 0 Å². The predicted molar refractivity (Wildman–Crippen MR) is 637 cm³/mol. The van der Waals surface area contributed by atoms with Gasteiger partial charge in [-0.25, -0.2) is 44.2 Å². The summed E-state index contributed by atoms with van der Waals surface area (Å²) in [6.07, 6.45) is 8.73. The number of aliphatic hydroxyl groups excluding tert-OH is 4. The van der Waals surface area contributed by atoms with Crippen molar-refractivity contribution >= 4 is 404 Å². The molecule has 0 saturated carbocycles. The zero-order chi connectivity index (χ0) is 117. The number of carbonyl (C=O) groups is 3. The Bertz CT molecular complexity index is 4740. The quantitative estimate of drug-likeness (QED) is 0.0133. The molecule has 148 heavy (non-hydrogen) atoms. The Balaban J connectivity index is -0.000000343. The number of aliphatic hydroxyl groups is 4. The van der Waals surface area contributed by atoms with E-state index in [1.807, 2.05) is 34.6 Å². The van der Waals surface area contributed by atoms with Crippen LogP contribution in [0.5, 0.6) is 0 Å². The Morgan fingerprint density at radius 2 is 0.764 bits per heavy atom. The van der Waals surface area contributed by atoms with Crippen molar-refractivity contribution in [1.82, 2.24) is 15.1 Å². The number of nitrogens with zero attached hydrogens (tertiary/aromatic N) is 4. The van der Waals surface area contributed by atoms with E-state index in [0.29, 0.717) is 80.5 Å². The molecule has 3 aromatic heterocycles. The molecule has 3 aliphatic heterocycles. The summed E-state index contributed by atoms with van der Waals surface area (Å²) in [5.41, 5.74) is 1.25. The van der Waals surface area contributed by atoms with Crippen LogP contribution >= 0.6 is 312 Å². The van der Waals surface area contributed by atoms with Gasteiger partial charge in [0, 0.05) is 159 Å². The van der Waals surface area contributed by atoms with E-state index in [1.165, 1.54) is 81.3 Å². The van der Waals surface area contributed by atoms with Crippen LogP contribution in [0.1, 0.15) is 237 Å². The number of sulfonamides is 2. The average molecular weight is 2800 g/mol. The Hall–Kier alpha value is 3.98. The van der Waals surface area contributed by atoms with Gasteiger partial charge in [0.25, 0.3) is 20.0 Å². The number of hydrogen-bond acceptors (Lipinski definition) is 24. The van der Waals surface area contributed by atoms with Crippen molar-refractivity contribution in [3.05, 3.63) is 34.9 Å². The maximum Gasteiger partial charge on any atom is 0.409 e. The number of ether oxygens (including phenoxy) is 2. The van der Waals surface area contributed by atoms with Crippen molar-refractivity contribution in [3.8, 4) is 0 Å². The van der Waals surface area contributed by atoms with Gasteiger partial charge in [0.05, 0.1) is 95.8 Å². The van der Waals surface area contributed by atoms with Crippen molar-refractivity contribution in [2.24, 2.45) is 37.6 Å². The van der Waals surface area contributed by atoms with E-state index in [9.17, 15) is 60.7 Å². The van der Waals surface area contributed by atoms with Crippen LogP contribution in [0.4, 0.5) is 9.59 Å². The Morgan fingerprint density at radius 3 is 1.04 bits per heavy atom. The van der Waals surface area contributed by atoms with E-state index in [-0.39, 0.29) is 189 Å². The van der Waals surface area contributed by atoms with E-state index in [2.05, 4.69) is 37.3 Å². The number of nitrogens with one attached hydrogen (secondary N) is 1. The monoisotopic (exact) mass is 2780 g/mol.